The molecular weight excluding hydrogens is 203 g/mol. The molecule has 0 saturated carbocycles. The van der Waals surface area contributed by atoms with Crippen LogP contribution < -0.4 is 5.32 Å². The number of nitrogens with one attached hydrogen (secondary N) is 1. The molecule has 0 bridgehead atoms. The molecule has 1 N–H and O–H groups in total. The lowest BCUT2D eigenvalue weighted by Gasteiger charge is -2.16. The predicted octanol–water partition coefficient (Wildman–Crippen LogP) is 2.26. The lowest BCUT2D eigenvalue weighted by atomic mass is 10.2. The molecule has 0 aliphatic rings. The highest BCUT2D eigenvalue weighted by atomic mass is 19.1. The smallest absolute Gasteiger partial charge is 0.123 e. The topological polar surface area (TPSA) is 15.3 Å². The van der Waals surface area contributed by atoms with Gasteiger partial charge >= 0.3 is 0 Å². The van der Waals surface area contributed by atoms with Crippen LogP contribution in [0.1, 0.15) is 18.4 Å². The van der Waals surface area contributed by atoms with Gasteiger partial charge in [-0.2, -0.15) is 0 Å². The maximum atomic E-state index is 12.9. The number of rotatable bonds is 7. The summed E-state index contributed by atoms with van der Waals surface area (Å²) in [5, 5.41) is 3.13. The van der Waals surface area contributed by atoms with Crippen molar-refractivity contribution in [2.75, 3.05) is 27.2 Å². The zero-order chi connectivity index (χ0) is 11.8. The van der Waals surface area contributed by atoms with Crippen molar-refractivity contribution in [3.05, 3.63) is 35.6 Å². The summed E-state index contributed by atoms with van der Waals surface area (Å²) in [6.07, 6.45) is 2.36. The predicted molar refractivity (Wildman–Crippen MR) is 65.9 cm³/mol. The number of unbranched alkanes of at least 4 members (excludes halogenated alkanes) is 1. The minimum Gasteiger partial charge on any atom is -0.320 e. The van der Waals surface area contributed by atoms with Crippen LogP contribution in [0.15, 0.2) is 24.3 Å². The molecule has 0 unspecified atom stereocenters. The van der Waals surface area contributed by atoms with E-state index in [4.69, 9.17) is 0 Å². The molecule has 0 spiro atoms. The van der Waals surface area contributed by atoms with Gasteiger partial charge in [0.25, 0.3) is 0 Å². The van der Waals surface area contributed by atoms with Crippen molar-refractivity contribution in [3.8, 4) is 0 Å². The molecule has 0 aromatic heterocycles. The van der Waals surface area contributed by atoms with E-state index in [2.05, 4.69) is 17.3 Å². The third-order valence-corrected chi connectivity index (χ3v) is 2.56. The first-order valence-electron chi connectivity index (χ1n) is 5.80. The van der Waals surface area contributed by atoms with Crippen LogP contribution in [0, 0.1) is 5.82 Å². The molecule has 1 aromatic carbocycles. The van der Waals surface area contributed by atoms with Crippen LogP contribution >= 0.6 is 0 Å². The third-order valence-electron chi connectivity index (χ3n) is 2.56. The number of hydrogen-bond donors (Lipinski definition) is 1. The van der Waals surface area contributed by atoms with Gasteiger partial charge in [-0.15, -0.1) is 0 Å². The number of hydrogen-bond acceptors (Lipinski definition) is 2. The van der Waals surface area contributed by atoms with Gasteiger partial charge in [0.15, 0.2) is 0 Å². The van der Waals surface area contributed by atoms with Gasteiger partial charge < -0.3 is 10.2 Å². The summed E-state index contributed by atoms with van der Waals surface area (Å²) in [5.41, 5.74) is 1.04. The van der Waals surface area contributed by atoms with Crippen LogP contribution in [-0.4, -0.2) is 32.1 Å². The Labute approximate surface area is 97.5 Å². The standard InChI is InChI=1S/C13H21FN2/c1-15-8-3-4-9-16(2)11-12-6-5-7-13(14)10-12/h5-7,10,15H,3-4,8-9,11H2,1-2H3. The van der Waals surface area contributed by atoms with Crippen molar-refractivity contribution >= 4 is 0 Å². The zero-order valence-corrected chi connectivity index (χ0v) is 10.2. The average Bonchev–Trinajstić information content (AvgIpc) is 2.24. The molecule has 0 aliphatic carbocycles. The number of nitrogens with zero attached hydrogens (tertiary/aromatic N) is 1. The van der Waals surface area contributed by atoms with Crippen LogP contribution in [-0.2, 0) is 6.54 Å². The maximum Gasteiger partial charge on any atom is 0.123 e. The summed E-state index contributed by atoms with van der Waals surface area (Å²) >= 11 is 0. The molecule has 0 radical (unpaired) electrons. The fraction of sp³-hybridized carbons (Fsp3) is 0.538. The Bertz CT molecular complexity index is 302. The van der Waals surface area contributed by atoms with Crippen molar-refractivity contribution in [1.29, 1.82) is 0 Å². The normalized spacial score (nSPS) is 11.0. The van der Waals surface area contributed by atoms with E-state index >= 15 is 0 Å². The number of halogens is 1. The Morgan fingerprint density at radius 2 is 2.12 bits per heavy atom. The van der Waals surface area contributed by atoms with Crippen molar-refractivity contribution in [2.45, 2.75) is 19.4 Å². The number of benzene rings is 1. The molecule has 0 aliphatic heterocycles. The largest absolute Gasteiger partial charge is 0.320 e. The maximum absolute atomic E-state index is 12.9. The quantitative estimate of drug-likeness (QED) is 0.715. The highest BCUT2D eigenvalue weighted by molar-refractivity contribution is 5.15. The van der Waals surface area contributed by atoms with Gasteiger partial charge in [-0.25, -0.2) is 4.39 Å². The van der Waals surface area contributed by atoms with Gasteiger partial charge in [-0.1, -0.05) is 12.1 Å². The van der Waals surface area contributed by atoms with E-state index in [1.165, 1.54) is 18.9 Å². The van der Waals surface area contributed by atoms with Gasteiger partial charge in [0.1, 0.15) is 5.82 Å². The third kappa shape index (κ3) is 5.24. The summed E-state index contributed by atoms with van der Waals surface area (Å²) in [5.74, 6) is -0.152. The summed E-state index contributed by atoms with van der Waals surface area (Å²) in [6, 6.07) is 6.81. The molecular formula is C13H21FN2. The monoisotopic (exact) mass is 224 g/mol. The molecule has 3 heteroatoms. The Morgan fingerprint density at radius 1 is 1.31 bits per heavy atom. The fourth-order valence-electron chi connectivity index (χ4n) is 1.71. The van der Waals surface area contributed by atoms with E-state index in [1.54, 1.807) is 12.1 Å². The Hall–Kier alpha value is -0.930. The first-order chi connectivity index (χ1) is 7.72. The van der Waals surface area contributed by atoms with Crippen LogP contribution in [0.5, 0.6) is 0 Å². The Morgan fingerprint density at radius 3 is 2.81 bits per heavy atom. The fourth-order valence-corrected chi connectivity index (χ4v) is 1.71. The lowest BCUT2D eigenvalue weighted by molar-refractivity contribution is 0.318. The lowest BCUT2D eigenvalue weighted by Crippen LogP contribution is -2.20. The van der Waals surface area contributed by atoms with Gasteiger partial charge in [0.2, 0.25) is 0 Å². The molecule has 0 amide bonds. The molecule has 0 atom stereocenters. The molecule has 16 heavy (non-hydrogen) atoms. The Balaban J connectivity index is 2.25. The minimum atomic E-state index is -0.152. The summed E-state index contributed by atoms with van der Waals surface area (Å²) < 4.78 is 12.9. The summed E-state index contributed by atoms with van der Waals surface area (Å²) in [4.78, 5) is 2.23. The van der Waals surface area contributed by atoms with Crippen molar-refractivity contribution < 1.29 is 4.39 Å². The van der Waals surface area contributed by atoms with Gasteiger partial charge in [0, 0.05) is 6.54 Å². The molecule has 90 valence electrons. The average molecular weight is 224 g/mol. The second-order valence-electron chi connectivity index (χ2n) is 4.18. The van der Waals surface area contributed by atoms with E-state index in [0.29, 0.717) is 0 Å². The molecule has 0 saturated heterocycles. The van der Waals surface area contributed by atoms with Crippen LogP contribution in [0.3, 0.4) is 0 Å². The van der Waals surface area contributed by atoms with E-state index in [-0.39, 0.29) is 5.82 Å². The molecule has 1 rings (SSSR count). The van der Waals surface area contributed by atoms with Crippen LogP contribution in [0.4, 0.5) is 4.39 Å². The van der Waals surface area contributed by atoms with Gasteiger partial charge in [0.05, 0.1) is 0 Å². The van der Waals surface area contributed by atoms with E-state index in [1.807, 2.05) is 13.1 Å². The molecule has 2 nitrogen and oxygen atoms in total. The second kappa shape index (κ2) is 7.36. The van der Waals surface area contributed by atoms with Crippen LogP contribution in [0.25, 0.3) is 0 Å². The first kappa shape index (κ1) is 13.1. The van der Waals surface area contributed by atoms with Crippen LogP contribution in [0.2, 0.25) is 0 Å². The summed E-state index contributed by atoms with van der Waals surface area (Å²) in [7, 11) is 4.04. The molecule has 0 heterocycles. The zero-order valence-electron chi connectivity index (χ0n) is 10.2. The van der Waals surface area contributed by atoms with Crippen molar-refractivity contribution in [1.82, 2.24) is 10.2 Å². The SMILES string of the molecule is CNCCCCN(C)Cc1cccc(F)c1. The summed E-state index contributed by atoms with van der Waals surface area (Å²) in [6.45, 7) is 2.93. The minimum absolute atomic E-state index is 0.152. The first-order valence-corrected chi connectivity index (χ1v) is 5.80. The Kier molecular flexibility index (Phi) is 6.04. The van der Waals surface area contributed by atoms with Crippen molar-refractivity contribution in [3.63, 3.8) is 0 Å². The van der Waals surface area contributed by atoms with E-state index in [9.17, 15) is 4.39 Å². The second-order valence-corrected chi connectivity index (χ2v) is 4.18. The highest BCUT2D eigenvalue weighted by Gasteiger charge is 2.00. The van der Waals surface area contributed by atoms with Crippen molar-refractivity contribution in [2.24, 2.45) is 0 Å². The highest BCUT2D eigenvalue weighted by Crippen LogP contribution is 2.06. The molecule has 0 fully saturated rings. The van der Waals surface area contributed by atoms with E-state index in [0.717, 1.165) is 25.2 Å². The van der Waals surface area contributed by atoms with Gasteiger partial charge in [-0.05, 0) is 57.7 Å². The van der Waals surface area contributed by atoms with Gasteiger partial charge in [-0.3, -0.25) is 0 Å². The molecule has 1 aromatic rings. The van der Waals surface area contributed by atoms with E-state index < -0.39 is 0 Å².